The highest BCUT2D eigenvalue weighted by Crippen LogP contribution is 2.26. The van der Waals surface area contributed by atoms with Gasteiger partial charge in [0.1, 0.15) is 6.54 Å². The summed E-state index contributed by atoms with van der Waals surface area (Å²) >= 11 is 0. The van der Waals surface area contributed by atoms with E-state index in [9.17, 15) is 9.59 Å². The van der Waals surface area contributed by atoms with Crippen LogP contribution in [0.4, 0.5) is 4.79 Å². The van der Waals surface area contributed by atoms with Crippen LogP contribution in [-0.4, -0.2) is 28.6 Å². The lowest BCUT2D eigenvalue weighted by atomic mass is 10.2. The first-order chi connectivity index (χ1) is 7.18. The van der Waals surface area contributed by atoms with Crippen molar-refractivity contribution in [2.45, 2.75) is 6.23 Å². The minimum absolute atomic E-state index is 0.213. The Kier molecular flexibility index (Phi) is 2.29. The van der Waals surface area contributed by atoms with Crippen LogP contribution in [0.5, 0.6) is 0 Å². The molecular formula is C10H9NO4. The van der Waals surface area contributed by atoms with Crippen LogP contribution in [0.3, 0.4) is 0 Å². The van der Waals surface area contributed by atoms with Crippen molar-refractivity contribution in [3.63, 3.8) is 0 Å². The van der Waals surface area contributed by atoms with Crippen molar-refractivity contribution in [3.8, 4) is 0 Å². The molecule has 1 fully saturated rings. The molecule has 15 heavy (non-hydrogen) atoms. The molecular weight excluding hydrogens is 198 g/mol. The van der Waals surface area contributed by atoms with E-state index in [1.54, 1.807) is 24.3 Å². The van der Waals surface area contributed by atoms with Gasteiger partial charge in [-0.3, -0.25) is 9.69 Å². The van der Waals surface area contributed by atoms with Gasteiger partial charge in [0.05, 0.1) is 0 Å². The number of hydrogen-bond acceptors (Lipinski definition) is 3. The van der Waals surface area contributed by atoms with Crippen LogP contribution >= 0.6 is 0 Å². The zero-order valence-electron chi connectivity index (χ0n) is 7.79. The Morgan fingerprint density at radius 1 is 1.40 bits per heavy atom. The molecule has 0 spiro atoms. The average molecular weight is 207 g/mol. The number of rotatable bonds is 1. The Labute approximate surface area is 85.9 Å². The summed E-state index contributed by atoms with van der Waals surface area (Å²) in [6.45, 7) is -0.213. The molecule has 2 rings (SSSR count). The molecule has 0 saturated carbocycles. The number of carbonyl (C=O) groups is 2. The van der Waals surface area contributed by atoms with Gasteiger partial charge < -0.3 is 9.84 Å². The van der Waals surface area contributed by atoms with Crippen LogP contribution in [0.2, 0.25) is 0 Å². The maximum absolute atomic E-state index is 11.0. The molecule has 5 nitrogen and oxygen atoms in total. The monoisotopic (exact) mass is 207 g/mol. The van der Waals surface area contributed by atoms with E-state index in [2.05, 4.69) is 0 Å². The summed E-state index contributed by atoms with van der Waals surface area (Å²) in [7, 11) is 0. The van der Waals surface area contributed by atoms with Crippen molar-refractivity contribution in [2.24, 2.45) is 0 Å². The number of carboxylic acid groups (broad SMARTS) is 1. The number of cyclic esters (lactones) is 1. The largest absolute Gasteiger partial charge is 0.465 e. The minimum Gasteiger partial charge on any atom is -0.465 e. The Morgan fingerprint density at radius 3 is 2.67 bits per heavy atom. The molecule has 0 aromatic heterocycles. The minimum atomic E-state index is -1.16. The van der Waals surface area contributed by atoms with Crippen molar-refractivity contribution in [2.75, 3.05) is 6.54 Å². The number of ether oxygens (including phenoxy) is 1. The summed E-state index contributed by atoms with van der Waals surface area (Å²) in [6, 6.07) is 8.78. The Bertz CT molecular complexity index is 390. The highest BCUT2D eigenvalue weighted by Gasteiger charge is 2.36. The molecule has 78 valence electrons. The average Bonchev–Trinajstić information content (AvgIpc) is 2.62. The van der Waals surface area contributed by atoms with Gasteiger partial charge in [-0.05, 0) is 0 Å². The third-order valence-electron chi connectivity index (χ3n) is 2.16. The molecule has 1 amide bonds. The van der Waals surface area contributed by atoms with E-state index in [1.165, 1.54) is 0 Å². The molecule has 0 aliphatic carbocycles. The lowest BCUT2D eigenvalue weighted by Crippen LogP contribution is -2.29. The smallest absolute Gasteiger partial charge is 0.411 e. The molecule has 1 aromatic carbocycles. The number of carbonyl (C=O) groups excluding carboxylic acids is 1. The summed E-state index contributed by atoms with van der Waals surface area (Å²) in [4.78, 5) is 22.8. The van der Waals surface area contributed by atoms with Crippen molar-refractivity contribution in [1.29, 1.82) is 0 Å². The van der Waals surface area contributed by atoms with Crippen LogP contribution in [0, 0.1) is 0 Å². The van der Waals surface area contributed by atoms with E-state index in [1.807, 2.05) is 6.07 Å². The van der Waals surface area contributed by atoms with Gasteiger partial charge in [0.25, 0.3) is 0 Å². The molecule has 1 aliphatic heterocycles. The molecule has 1 aromatic rings. The van der Waals surface area contributed by atoms with Crippen LogP contribution in [0.15, 0.2) is 30.3 Å². The summed E-state index contributed by atoms with van der Waals surface area (Å²) in [6.07, 6.45) is -1.97. The molecule has 1 unspecified atom stereocenters. The predicted molar refractivity (Wildman–Crippen MR) is 50.0 cm³/mol. The van der Waals surface area contributed by atoms with Crippen LogP contribution < -0.4 is 0 Å². The van der Waals surface area contributed by atoms with Crippen LogP contribution in [0.25, 0.3) is 0 Å². The maximum Gasteiger partial charge on any atom is 0.411 e. The fraction of sp³-hybridized carbons (Fsp3) is 0.200. The topological polar surface area (TPSA) is 66.8 Å². The second-order valence-electron chi connectivity index (χ2n) is 3.16. The van der Waals surface area contributed by atoms with Gasteiger partial charge in [-0.15, -0.1) is 0 Å². The first-order valence-electron chi connectivity index (χ1n) is 4.42. The summed E-state index contributed by atoms with van der Waals surface area (Å²) in [5.74, 6) is -0.522. The first-order valence-corrected chi connectivity index (χ1v) is 4.42. The van der Waals surface area contributed by atoms with Gasteiger partial charge in [-0.1, -0.05) is 30.3 Å². The van der Waals surface area contributed by atoms with E-state index >= 15 is 0 Å². The summed E-state index contributed by atoms with van der Waals surface area (Å²) < 4.78 is 4.93. The quantitative estimate of drug-likeness (QED) is 0.703. The highest BCUT2D eigenvalue weighted by atomic mass is 16.6. The number of amides is 1. The van der Waals surface area contributed by atoms with Crippen molar-refractivity contribution < 1.29 is 19.4 Å². The molecule has 1 aliphatic rings. The zero-order valence-corrected chi connectivity index (χ0v) is 7.79. The molecule has 0 bridgehead atoms. The van der Waals surface area contributed by atoms with E-state index in [4.69, 9.17) is 9.84 Å². The SMILES string of the molecule is O=C1CN(C(=O)O)C(c2ccccc2)O1. The fourth-order valence-electron chi connectivity index (χ4n) is 1.48. The van der Waals surface area contributed by atoms with E-state index < -0.39 is 18.3 Å². The highest BCUT2D eigenvalue weighted by molar-refractivity contribution is 5.80. The molecule has 0 radical (unpaired) electrons. The van der Waals surface area contributed by atoms with Gasteiger partial charge >= 0.3 is 12.1 Å². The van der Waals surface area contributed by atoms with Gasteiger partial charge in [0.15, 0.2) is 0 Å². The molecule has 1 heterocycles. The second kappa shape index (κ2) is 3.61. The van der Waals surface area contributed by atoms with Gasteiger partial charge in [0, 0.05) is 5.56 Å². The van der Waals surface area contributed by atoms with Crippen molar-refractivity contribution >= 4 is 12.1 Å². The van der Waals surface area contributed by atoms with Crippen LogP contribution in [-0.2, 0) is 9.53 Å². The zero-order chi connectivity index (χ0) is 10.8. The lowest BCUT2D eigenvalue weighted by Gasteiger charge is -2.18. The summed E-state index contributed by atoms with van der Waals surface area (Å²) in [5.41, 5.74) is 0.658. The maximum atomic E-state index is 11.0. The number of nitrogens with zero attached hydrogens (tertiary/aromatic N) is 1. The van der Waals surface area contributed by atoms with Gasteiger partial charge in [0.2, 0.25) is 6.23 Å². The van der Waals surface area contributed by atoms with E-state index in [-0.39, 0.29) is 6.54 Å². The number of benzene rings is 1. The Morgan fingerprint density at radius 2 is 2.07 bits per heavy atom. The number of hydrogen-bond donors (Lipinski definition) is 1. The predicted octanol–water partition coefficient (Wildman–Crippen LogP) is 1.22. The molecule has 1 atom stereocenters. The lowest BCUT2D eigenvalue weighted by molar-refractivity contribution is -0.141. The van der Waals surface area contributed by atoms with E-state index in [0.717, 1.165) is 4.90 Å². The van der Waals surface area contributed by atoms with E-state index in [0.29, 0.717) is 5.56 Å². The molecule has 5 heteroatoms. The van der Waals surface area contributed by atoms with Crippen LogP contribution in [0.1, 0.15) is 11.8 Å². The number of esters is 1. The molecule has 1 N–H and O–H groups in total. The first kappa shape index (κ1) is 9.51. The second-order valence-corrected chi connectivity index (χ2v) is 3.16. The fourth-order valence-corrected chi connectivity index (χ4v) is 1.48. The standard InChI is InChI=1S/C10H9NO4/c12-8-6-11(10(13)14)9(15-8)7-4-2-1-3-5-7/h1-5,9H,6H2,(H,13,14). The Hall–Kier alpha value is -2.04. The van der Waals surface area contributed by atoms with Crippen molar-refractivity contribution in [1.82, 2.24) is 4.90 Å². The van der Waals surface area contributed by atoms with Gasteiger partial charge in [-0.2, -0.15) is 0 Å². The Balaban J connectivity index is 2.28. The summed E-state index contributed by atoms with van der Waals surface area (Å²) in [5, 5.41) is 8.86. The normalized spacial score (nSPS) is 20.1. The molecule has 1 saturated heterocycles. The van der Waals surface area contributed by atoms with Crippen molar-refractivity contribution in [3.05, 3.63) is 35.9 Å². The third-order valence-corrected chi connectivity index (χ3v) is 2.16. The van der Waals surface area contributed by atoms with Gasteiger partial charge in [-0.25, -0.2) is 4.79 Å². The third kappa shape index (κ3) is 1.76.